The Bertz CT molecular complexity index is 1080. The van der Waals surface area contributed by atoms with E-state index in [0.717, 1.165) is 5.56 Å². The summed E-state index contributed by atoms with van der Waals surface area (Å²) < 4.78 is 7.41. The molecule has 0 radical (unpaired) electrons. The first-order valence-electron chi connectivity index (χ1n) is 8.47. The van der Waals surface area contributed by atoms with E-state index in [0.29, 0.717) is 17.1 Å². The van der Waals surface area contributed by atoms with Crippen LogP contribution >= 0.6 is 0 Å². The van der Waals surface area contributed by atoms with E-state index in [1.54, 1.807) is 16.7 Å². The Kier molecular flexibility index (Phi) is 4.10. The third-order valence-electron chi connectivity index (χ3n) is 4.77. The highest BCUT2D eigenvalue weighted by molar-refractivity contribution is 5.78. The van der Waals surface area contributed by atoms with Crippen LogP contribution in [0.2, 0.25) is 0 Å². The zero-order chi connectivity index (χ0) is 19.3. The van der Waals surface area contributed by atoms with Crippen LogP contribution in [-0.4, -0.2) is 48.5 Å². The maximum absolute atomic E-state index is 12.3. The van der Waals surface area contributed by atoms with Crippen molar-refractivity contribution in [1.29, 1.82) is 0 Å². The van der Waals surface area contributed by atoms with Gasteiger partial charge in [-0.2, -0.15) is 4.98 Å². The number of rotatable bonds is 3. The van der Waals surface area contributed by atoms with Crippen LogP contribution in [0.3, 0.4) is 0 Å². The van der Waals surface area contributed by atoms with E-state index < -0.39 is 24.0 Å². The number of aryl methyl sites for hydroxylation is 1. The van der Waals surface area contributed by atoms with Crippen LogP contribution in [0.5, 0.6) is 0 Å². The van der Waals surface area contributed by atoms with E-state index >= 15 is 0 Å². The van der Waals surface area contributed by atoms with Crippen molar-refractivity contribution in [3.8, 4) is 11.4 Å². The minimum Gasteiger partial charge on any atom is -0.399 e. The summed E-state index contributed by atoms with van der Waals surface area (Å²) in [7, 11) is 0. The molecule has 1 saturated heterocycles. The molecule has 0 spiro atoms. The number of fused-ring (bicyclic) bond motifs is 1. The van der Waals surface area contributed by atoms with Gasteiger partial charge < -0.3 is 26.4 Å². The average Bonchev–Trinajstić information content (AvgIpc) is 3.17. The van der Waals surface area contributed by atoms with Crippen molar-refractivity contribution in [2.75, 3.05) is 18.1 Å². The van der Waals surface area contributed by atoms with Crippen LogP contribution in [-0.2, 0) is 4.74 Å². The highest BCUT2D eigenvalue weighted by atomic mass is 16.5. The average molecular weight is 372 g/mol. The molecule has 1 aliphatic heterocycles. The molecule has 1 aliphatic rings. The van der Waals surface area contributed by atoms with Gasteiger partial charge in [-0.3, -0.25) is 14.3 Å². The maximum Gasteiger partial charge on any atom is 0.280 e. The van der Waals surface area contributed by atoms with Gasteiger partial charge in [-0.05, 0) is 30.7 Å². The van der Waals surface area contributed by atoms with E-state index in [4.69, 9.17) is 16.2 Å². The van der Waals surface area contributed by atoms with Gasteiger partial charge in [-0.15, -0.1) is 0 Å². The van der Waals surface area contributed by atoms with Gasteiger partial charge in [0.2, 0.25) is 5.95 Å². The van der Waals surface area contributed by atoms with Crippen molar-refractivity contribution in [3.63, 3.8) is 0 Å². The summed E-state index contributed by atoms with van der Waals surface area (Å²) in [4.78, 5) is 23.4. The molecule has 3 atom stereocenters. The lowest BCUT2D eigenvalue weighted by Gasteiger charge is -2.17. The number of hydrogen-bond donors (Lipinski definition) is 5. The van der Waals surface area contributed by atoms with E-state index in [1.807, 2.05) is 13.0 Å². The van der Waals surface area contributed by atoms with Crippen molar-refractivity contribution >= 4 is 22.8 Å². The fraction of sp³-hybridized carbons (Fsp3) is 0.353. The van der Waals surface area contributed by atoms with Gasteiger partial charge in [0.05, 0.1) is 12.7 Å². The molecular weight excluding hydrogens is 352 g/mol. The number of aliphatic hydroxyl groups is 2. The standard InChI is InChI=1S/C17H20N6O4/c1-7-4-8(2-3-9(7)18)14-20-13-15(21-17(19)22-16(13)26)23(14)12-5-10(25)11(6-24)27-12/h2-4,10-12,24-25H,5-6,18H2,1H3,(H3,19,21,22,26)/t10-,11+,12+/m0/s1. The molecule has 10 heteroatoms. The monoisotopic (exact) mass is 372 g/mol. The predicted molar refractivity (Wildman–Crippen MR) is 98.8 cm³/mol. The topological polar surface area (TPSA) is 165 Å². The molecule has 7 N–H and O–H groups in total. The molecule has 2 aromatic heterocycles. The third-order valence-corrected chi connectivity index (χ3v) is 4.77. The molecule has 1 fully saturated rings. The van der Waals surface area contributed by atoms with Crippen LogP contribution in [0.1, 0.15) is 18.2 Å². The number of imidazole rings is 1. The van der Waals surface area contributed by atoms with E-state index in [-0.39, 0.29) is 30.1 Å². The highest BCUT2D eigenvalue weighted by Crippen LogP contribution is 2.35. The van der Waals surface area contributed by atoms with E-state index in [1.165, 1.54) is 0 Å². The lowest BCUT2D eigenvalue weighted by molar-refractivity contribution is -0.0426. The largest absolute Gasteiger partial charge is 0.399 e. The zero-order valence-electron chi connectivity index (χ0n) is 14.6. The molecule has 4 rings (SSSR count). The minimum atomic E-state index is -0.849. The van der Waals surface area contributed by atoms with Gasteiger partial charge in [-0.25, -0.2) is 4.98 Å². The molecule has 27 heavy (non-hydrogen) atoms. The molecular formula is C17H20N6O4. The molecule has 3 aromatic rings. The summed E-state index contributed by atoms with van der Waals surface area (Å²) >= 11 is 0. The van der Waals surface area contributed by atoms with Crippen molar-refractivity contribution in [3.05, 3.63) is 34.1 Å². The number of nitrogens with two attached hydrogens (primary N) is 2. The Morgan fingerprint density at radius 3 is 2.81 bits per heavy atom. The van der Waals surface area contributed by atoms with Gasteiger partial charge in [0, 0.05) is 17.7 Å². The van der Waals surface area contributed by atoms with E-state index in [9.17, 15) is 15.0 Å². The Balaban J connectivity index is 1.96. The summed E-state index contributed by atoms with van der Waals surface area (Å²) in [5, 5.41) is 19.5. The van der Waals surface area contributed by atoms with Crippen molar-refractivity contribution in [1.82, 2.24) is 19.5 Å². The number of aromatic amines is 1. The Morgan fingerprint density at radius 1 is 1.37 bits per heavy atom. The second-order valence-corrected chi connectivity index (χ2v) is 6.61. The molecule has 0 unspecified atom stereocenters. The lowest BCUT2D eigenvalue weighted by atomic mass is 10.1. The Labute approximate surface area is 153 Å². The van der Waals surface area contributed by atoms with Gasteiger partial charge in [0.1, 0.15) is 18.2 Å². The Hall–Kier alpha value is -2.95. The number of nitrogens with zero attached hydrogens (tertiary/aromatic N) is 3. The smallest absolute Gasteiger partial charge is 0.280 e. The quantitative estimate of drug-likeness (QED) is 0.398. The second-order valence-electron chi connectivity index (χ2n) is 6.61. The second kappa shape index (κ2) is 6.34. The van der Waals surface area contributed by atoms with Gasteiger partial charge >= 0.3 is 0 Å². The molecule has 1 aromatic carbocycles. The van der Waals surface area contributed by atoms with Gasteiger partial charge in [0.15, 0.2) is 11.2 Å². The molecule has 0 saturated carbocycles. The normalized spacial score (nSPS) is 22.6. The first-order valence-corrected chi connectivity index (χ1v) is 8.47. The minimum absolute atomic E-state index is 0.0501. The summed E-state index contributed by atoms with van der Waals surface area (Å²) in [5.41, 5.74) is 13.7. The molecule has 0 aliphatic carbocycles. The number of ether oxygens (including phenoxy) is 1. The van der Waals surface area contributed by atoms with Crippen LogP contribution in [0.15, 0.2) is 23.0 Å². The van der Waals surface area contributed by atoms with E-state index in [2.05, 4.69) is 15.0 Å². The molecule has 0 bridgehead atoms. The summed E-state index contributed by atoms with van der Waals surface area (Å²) in [5.74, 6) is 0.387. The zero-order valence-corrected chi connectivity index (χ0v) is 14.6. The number of H-pyrrole nitrogens is 1. The maximum atomic E-state index is 12.3. The fourth-order valence-corrected chi connectivity index (χ4v) is 3.33. The van der Waals surface area contributed by atoms with Crippen LogP contribution in [0, 0.1) is 6.92 Å². The molecule has 10 nitrogen and oxygen atoms in total. The SMILES string of the molecule is Cc1cc(-c2nc3c(=O)[nH]c(N)nc3n2[C@H]2C[C@H](O)[C@@H](CO)O2)ccc1N. The van der Waals surface area contributed by atoms with Crippen LogP contribution < -0.4 is 17.0 Å². The predicted octanol–water partition coefficient (Wildman–Crippen LogP) is -0.0999. The first-order chi connectivity index (χ1) is 12.9. The highest BCUT2D eigenvalue weighted by Gasteiger charge is 2.37. The van der Waals surface area contributed by atoms with Gasteiger partial charge in [0.25, 0.3) is 5.56 Å². The number of aliphatic hydroxyl groups excluding tert-OH is 2. The number of anilines is 2. The molecule has 142 valence electrons. The number of nitrogen functional groups attached to an aromatic ring is 2. The van der Waals surface area contributed by atoms with Gasteiger partial charge in [-0.1, -0.05) is 0 Å². The molecule has 0 amide bonds. The molecule has 3 heterocycles. The number of hydrogen-bond acceptors (Lipinski definition) is 8. The lowest BCUT2D eigenvalue weighted by Crippen LogP contribution is -2.24. The van der Waals surface area contributed by atoms with Crippen LogP contribution in [0.25, 0.3) is 22.6 Å². The summed E-state index contributed by atoms with van der Waals surface area (Å²) in [6, 6.07) is 5.38. The number of nitrogens with one attached hydrogen (secondary N) is 1. The van der Waals surface area contributed by atoms with Crippen molar-refractivity contribution in [2.24, 2.45) is 0 Å². The Morgan fingerprint density at radius 2 is 2.15 bits per heavy atom. The summed E-state index contributed by atoms with van der Waals surface area (Å²) in [6.07, 6.45) is -2.03. The van der Waals surface area contributed by atoms with Crippen LogP contribution in [0.4, 0.5) is 11.6 Å². The third kappa shape index (κ3) is 2.83. The number of aromatic nitrogens is 4. The first kappa shape index (κ1) is 17.5. The fourth-order valence-electron chi connectivity index (χ4n) is 3.33. The van der Waals surface area contributed by atoms with Crippen molar-refractivity contribution in [2.45, 2.75) is 31.8 Å². The van der Waals surface area contributed by atoms with Crippen molar-refractivity contribution < 1.29 is 14.9 Å². The summed E-state index contributed by atoms with van der Waals surface area (Å²) in [6.45, 7) is 1.54. The number of benzene rings is 1.